The Hall–Kier alpha value is -3.77. The fourth-order valence-corrected chi connectivity index (χ4v) is 4.02. The smallest absolute Gasteiger partial charge is 0.461 e. The maximum absolute atomic E-state index is 13.1. The van der Waals surface area contributed by atoms with Crippen LogP contribution in [0, 0.1) is 0 Å². The van der Waals surface area contributed by atoms with E-state index in [1.54, 1.807) is 68.2 Å². The van der Waals surface area contributed by atoms with Gasteiger partial charge in [-0.25, -0.2) is 9.59 Å². The number of ether oxygens (including phenoxy) is 2. The van der Waals surface area contributed by atoms with Crippen molar-refractivity contribution >= 4 is 29.7 Å². The second-order valence-electron chi connectivity index (χ2n) is 9.78. The number of piperidine rings is 1. The van der Waals surface area contributed by atoms with Gasteiger partial charge in [0.05, 0.1) is 13.2 Å². The molecule has 1 fully saturated rings. The molecule has 1 aliphatic rings. The number of alkyl halides is 3. The molecular formula is C25H32F3N5O5. The SMILES string of the molecule is CCOC(=O)c1c(NC(=O)C(F)(F)F)nc(N2CCCC(NC(=O)OC(C)(C)C)C2)n1Cc1ccccc1. The first-order chi connectivity index (χ1) is 17.8. The van der Waals surface area contributed by atoms with E-state index in [1.807, 2.05) is 0 Å². The van der Waals surface area contributed by atoms with Crippen LogP contribution < -0.4 is 15.5 Å². The normalized spacial score (nSPS) is 16.1. The van der Waals surface area contributed by atoms with Gasteiger partial charge in [0.15, 0.2) is 11.5 Å². The number of halogens is 3. The Bertz CT molecular complexity index is 1140. The summed E-state index contributed by atoms with van der Waals surface area (Å²) in [7, 11) is 0. The lowest BCUT2D eigenvalue weighted by molar-refractivity contribution is -0.167. The van der Waals surface area contributed by atoms with Gasteiger partial charge in [0.1, 0.15) is 5.60 Å². The Balaban J connectivity index is 2.01. The van der Waals surface area contributed by atoms with E-state index in [4.69, 9.17) is 9.47 Å². The number of anilines is 2. The van der Waals surface area contributed by atoms with E-state index < -0.39 is 35.6 Å². The number of nitrogens with one attached hydrogen (secondary N) is 2. The van der Waals surface area contributed by atoms with Gasteiger partial charge in [-0.15, -0.1) is 0 Å². The van der Waals surface area contributed by atoms with Gasteiger partial charge in [0.25, 0.3) is 0 Å². The van der Waals surface area contributed by atoms with Crippen LogP contribution in [0.5, 0.6) is 0 Å². The second-order valence-corrected chi connectivity index (χ2v) is 9.78. The Morgan fingerprint density at radius 1 is 1.13 bits per heavy atom. The third-order valence-corrected chi connectivity index (χ3v) is 5.51. The molecule has 0 aliphatic carbocycles. The summed E-state index contributed by atoms with van der Waals surface area (Å²) in [6.07, 6.45) is -4.53. The highest BCUT2D eigenvalue weighted by molar-refractivity contribution is 6.01. The highest BCUT2D eigenvalue weighted by Gasteiger charge is 2.41. The summed E-state index contributed by atoms with van der Waals surface area (Å²) < 4.78 is 51.1. The molecule has 2 aromatic rings. The molecule has 0 spiro atoms. The number of nitrogens with zero attached hydrogens (tertiary/aromatic N) is 3. The van der Waals surface area contributed by atoms with Crippen LogP contribution >= 0.6 is 0 Å². The molecule has 0 radical (unpaired) electrons. The van der Waals surface area contributed by atoms with Gasteiger partial charge >= 0.3 is 24.1 Å². The minimum Gasteiger partial charge on any atom is -0.461 e. The molecule has 3 rings (SSSR count). The van der Waals surface area contributed by atoms with E-state index >= 15 is 0 Å². The zero-order chi connectivity index (χ0) is 28.1. The Kier molecular flexibility index (Phi) is 8.89. The monoisotopic (exact) mass is 539 g/mol. The summed E-state index contributed by atoms with van der Waals surface area (Å²) in [6, 6.07) is 8.59. The molecule has 1 unspecified atom stereocenters. The van der Waals surface area contributed by atoms with Crippen LogP contribution in [-0.4, -0.2) is 65.0 Å². The number of amides is 2. The first-order valence-electron chi connectivity index (χ1n) is 12.2. The Labute approximate surface area is 218 Å². The first-order valence-corrected chi connectivity index (χ1v) is 12.2. The van der Waals surface area contributed by atoms with Gasteiger partial charge in [-0.1, -0.05) is 30.3 Å². The van der Waals surface area contributed by atoms with Crippen LogP contribution in [0.25, 0.3) is 0 Å². The molecule has 10 nitrogen and oxygen atoms in total. The standard InChI is InChI=1S/C25H32F3N5O5/c1-5-37-20(34)18-19(30-21(35)25(26,27)28)31-22(33(18)14-16-10-7-6-8-11-16)32-13-9-12-17(15-32)29-23(36)38-24(2,3)4/h6-8,10-11,17H,5,9,12-15H2,1-4H3,(H,29,36)(H,30,35). The number of carbonyl (C=O) groups excluding carboxylic acids is 3. The molecule has 1 aromatic heterocycles. The molecule has 1 saturated heterocycles. The maximum atomic E-state index is 13.1. The van der Waals surface area contributed by atoms with Crippen molar-refractivity contribution in [3.05, 3.63) is 41.6 Å². The third-order valence-electron chi connectivity index (χ3n) is 5.51. The van der Waals surface area contributed by atoms with Crippen LogP contribution in [-0.2, 0) is 20.8 Å². The lowest BCUT2D eigenvalue weighted by Crippen LogP contribution is -2.49. The number of alkyl carbamates (subject to hydrolysis) is 1. The molecule has 0 bridgehead atoms. The first kappa shape index (κ1) is 28.8. The third kappa shape index (κ3) is 7.62. The van der Waals surface area contributed by atoms with Gasteiger partial charge in [-0.2, -0.15) is 18.2 Å². The molecule has 0 saturated carbocycles. The van der Waals surface area contributed by atoms with Crippen molar-refractivity contribution < 1.29 is 37.0 Å². The molecular weight excluding hydrogens is 507 g/mol. The molecule has 2 amide bonds. The molecule has 1 atom stereocenters. The average molecular weight is 540 g/mol. The van der Waals surface area contributed by atoms with Gasteiger partial charge < -0.3 is 25.0 Å². The van der Waals surface area contributed by atoms with Gasteiger partial charge in [0.2, 0.25) is 5.95 Å². The van der Waals surface area contributed by atoms with Crippen molar-refractivity contribution in [2.45, 2.75) is 64.9 Å². The topological polar surface area (TPSA) is 115 Å². The predicted molar refractivity (Wildman–Crippen MR) is 133 cm³/mol. The molecule has 1 aliphatic heterocycles. The van der Waals surface area contributed by atoms with E-state index in [0.29, 0.717) is 19.4 Å². The van der Waals surface area contributed by atoms with Crippen molar-refractivity contribution in [1.82, 2.24) is 14.9 Å². The minimum atomic E-state index is -5.19. The number of hydrogen-bond donors (Lipinski definition) is 2. The summed E-state index contributed by atoms with van der Waals surface area (Å²) in [4.78, 5) is 43.1. The number of rotatable bonds is 7. The van der Waals surface area contributed by atoms with Crippen molar-refractivity contribution in [3.8, 4) is 0 Å². The largest absolute Gasteiger partial charge is 0.471 e. The van der Waals surface area contributed by atoms with Crippen LogP contribution in [0.15, 0.2) is 30.3 Å². The van der Waals surface area contributed by atoms with Crippen molar-refractivity contribution in [2.24, 2.45) is 0 Å². The number of hydrogen-bond acceptors (Lipinski definition) is 7. The van der Waals surface area contributed by atoms with E-state index in [0.717, 1.165) is 5.56 Å². The molecule has 1 aromatic carbocycles. The van der Waals surface area contributed by atoms with Crippen LogP contribution in [0.3, 0.4) is 0 Å². The van der Waals surface area contributed by atoms with Crippen molar-refractivity contribution in [3.63, 3.8) is 0 Å². The lowest BCUT2D eigenvalue weighted by Gasteiger charge is -2.34. The number of imidazole rings is 1. The van der Waals surface area contributed by atoms with Crippen LogP contribution in [0.2, 0.25) is 0 Å². The van der Waals surface area contributed by atoms with Crippen LogP contribution in [0.1, 0.15) is 56.6 Å². The number of aromatic nitrogens is 2. The van der Waals surface area contributed by atoms with E-state index in [1.165, 1.54) is 4.57 Å². The Morgan fingerprint density at radius 2 is 1.82 bits per heavy atom. The fourth-order valence-electron chi connectivity index (χ4n) is 4.02. The summed E-state index contributed by atoms with van der Waals surface area (Å²) in [5.41, 5.74) is -0.263. The molecule has 38 heavy (non-hydrogen) atoms. The summed E-state index contributed by atoms with van der Waals surface area (Å²) in [6.45, 7) is 7.52. The number of esters is 1. The highest BCUT2D eigenvalue weighted by atomic mass is 19.4. The number of carbonyl (C=O) groups is 3. The maximum Gasteiger partial charge on any atom is 0.471 e. The molecule has 13 heteroatoms. The van der Waals surface area contributed by atoms with E-state index in [9.17, 15) is 27.6 Å². The summed E-state index contributed by atoms with van der Waals surface area (Å²) in [5.74, 6) is -3.59. The molecule has 208 valence electrons. The van der Waals surface area contributed by atoms with Crippen molar-refractivity contribution in [2.75, 3.05) is 29.9 Å². The van der Waals surface area contributed by atoms with Crippen LogP contribution in [0.4, 0.5) is 29.7 Å². The van der Waals surface area contributed by atoms with E-state index in [-0.39, 0.29) is 37.4 Å². The lowest BCUT2D eigenvalue weighted by atomic mass is 10.1. The quantitative estimate of drug-likeness (QED) is 0.509. The average Bonchev–Trinajstić information content (AvgIpc) is 3.15. The zero-order valence-electron chi connectivity index (χ0n) is 21.7. The predicted octanol–water partition coefficient (Wildman–Crippen LogP) is 4.10. The summed E-state index contributed by atoms with van der Waals surface area (Å²) in [5, 5.41) is 4.54. The fraction of sp³-hybridized carbons (Fsp3) is 0.520. The second kappa shape index (κ2) is 11.7. The van der Waals surface area contributed by atoms with Gasteiger partial charge in [-0.3, -0.25) is 9.36 Å². The minimum absolute atomic E-state index is 0.0388. The zero-order valence-corrected chi connectivity index (χ0v) is 21.7. The van der Waals surface area contributed by atoms with Gasteiger partial charge in [-0.05, 0) is 46.1 Å². The van der Waals surface area contributed by atoms with E-state index in [2.05, 4.69) is 10.3 Å². The Morgan fingerprint density at radius 3 is 2.42 bits per heavy atom. The highest BCUT2D eigenvalue weighted by Crippen LogP contribution is 2.30. The molecule has 2 heterocycles. The number of benzene rings is 1. The van der Waals surface area contributed by atoms with Crippen molar-refractivity contribution in [1.29, 1.82) is 0 Å². The molecule has 2 N–H and O–H groups in total. The summed E-state index contributed by atoms with van der Waals surface area (Å²) >= 11 is 0. The van der Waals surface area contributed by atoms with Gasteiger partial charge in [0, 0.05) is 19.1 Å².